The molecule has 0 heterocycles. The minimum atomic E-state index is -3.13. The van der Waals surface area contributed by atoms with E-state index in [1.54, 1.807) is 6.92 Å². The van der Waals surface area contributed by atoms with Crippen molar-refractivity contribution in [2.45, 2.75) is 6.92 Å². The molecule has 0 fully saturated rings. The maximum Gasteiger partial charge on any atom is 0.355 e. The lowest BCUT2D eigenvalue weighted by molar-refractivity contribution is 0.210. The molecule has 0 aromatic heterocycles. The van der Waals surface area contributed by atoms with Crippen LogP contribution in [0.2, 0.25) is 0 Å². The van der Waals surface area contributed by atoms with Crippen LogP contribution < -0.4 is 0 Å². The summed E-state index contributed by atoms with van der Waals surface area (Å²) in [5, 5.41) is 8.40. The minimum Gasteiger partial charge on any atom is -0.384 e. The first-order valence-corrected chi connectivity index (χ1v) is 4.31. The minimum absolute atomic E-state index is 0.283. The largest absolute Gasteiger partial charge is 0.384 e. The fraction of sp³-hybridized carbons (Fsp3) is 1.00. The van der Waals surface area contributed by atoms with Gasteiger partial charge in [0.1, 0.15) is 6.35 Å². The molecule has 0 aliphatic rings. The molecular formula is C4H11O4P. The normalized spacial score (nSPS) is 17.2. The van der Waals surface area contributed by atoms with E-state index in [1.807, 2.05) is 0 Å². The molecular weight excluding hydrogens is 143 g/mol. The van der Waals surface area contributed by atoms with Crippen LogP contribution in [0.15, 0.2) is 0 Å². The van der Waals surface area contributed by atoms with Crippen LogP contribution in [0, 0.1) is 0 Å². The van der Waals surface area contributed by atoms with Gasteiger partial charge in [0, 0.05) is 7.11 Å². The zero-order chi connectivity index (χ0) is 7.33. The highest BCUT2D eigenvalue weighted by atomic mass is 31.2. The van der Waals surface area contributed by atoms with Crippen LogP contribution in [-0.2, 0) is 13.6 Å². The SMILES string of the molecule is CCOP(=O)(CO)OC. The zero-order valence-electron chi connectivity index (χ0n) is 5.53. The first-order valence-electron chi connectivity index (χ1n) is 2.58. The van der Waals surface area contributed by atoms with Gasteiger partial charge in [0.05, 0.1) is 6.61 Å². The second-order valence-corrected chi connectivity index (χ2v) is 3.48. The monoisotopic (exact) mass is 154 g/mol. The molecule has 9 heavy (non-hydrogen) atoms. The van der Waals surface area contributed by atoms with Crippen molar-refractivity contribution in [3.05, 3.63) is 0 Å². The van der Waals surface area contributed by atoms with Crippen molar-refractivity contribution in [1.29, 1.82) is 0 Å². The predicted octanol–water partition coefficient (Wildman–Crippen LogP) is 0.812. The molecule has 0 bridgehead atoms. The topological polar surface area (TPSA) is 55.8 Å². The number of rotatable bonds is 4. The van der Waals surface area contributed by atoms with E-state index in [4.69, 9.17) is 5.11 Å². The summed E-state index contributed by atoms with van der Waals surface area (Å²) in [5.74, 6) is 0. The van der Waals surface area contributed by atoms with Crippen LogP contribution in [0.3, 0.4) is 0 Å². The van der Waals surface area contributed by atoms with Gasteiger partial charge < -0.3 is 14.2 Å². The van der Waals surface area contributed by atoms with E-state index in [9.17, 15) is 4.57 Å². The summed E-state index contributed by atoms with van der Waals surface area (Å²) in [7, 11) is -1.88. The van der Waals surface area contributed by atoms with Crippen LogP contribution in [0.4, 0.5) is 0 Å². The molecule has 1 atom stereocenters. The van der Waals surface area contributed by atoms with E-state index in [1.165, 1.54) is 7.11 Å². The van der Waals surface area contributed by atoms with E-state index in [0.717, 1.165) is 0 Å². The smallest absolute Gasteiger partial charge is 0.355 e. The molecule has 0 saturated heterocycles. The maximum absolute atomic E-state index is 10.9. The van der Waals surface area contributed by atoms with Gasteiger partial charge in [-0.3, -0.25) is 4.57 Å². The van der Waals surface area contributed by atoms with Crippen LogP contribution >= 0.6 is 7.60 Å². The molecule has 0 spiro atoms. The van der Waals surface area contributed by atoms with E-state index < -0.39 is 13.9 Å². The second-order valence-electron chi connectivity index (χ2n) is 1.35. The van der Waals surface area contributed by atoms with Crippen molar-refractivity contribution in [2.75, 3.05) is 20.1 Å². The molecule has 56 valence electrons. The molecule has 0 aliphatic carbocycles. The van der Waals surface area contributed by atoms with Gasteiger partial charge in [0.25, 0.3) is 0 Å². The third-order valence-corrected chi connectivity index (χ3v) is 2.33. The average molecular weight is 154 g/mol. The second kappa shape index (κ2) is 4.01. The van der Waals surface area contributed by atoms with Crippen LogP contribution in [-0.4, -0.2) is 25.2 Å². The van der Waals surface area contributed by atoms with Gasteiger partial charge in [-0.1, -0.05) is 0 Å². The summed E-state index contributed by atoms with van der Waals surface area (Å²) in [5.41, 5.74) is 0. The highest BCUT2D eigenvalue weighted by molar-refractivity contribution is 7.53. The maximum atomic E-state index is 10.9. The van der Waals surface area contributed by atoms with Crippen molar-refractivity contribution in [1.82, 2.24) is 0 Å². The van der Waals surface area contributed by atoms with Gasteiger partial charge in [-0.25, -0.2) is 0 Å². The van der Waals surface area contributed by atoms with Crippen LogP contribution in [0.5, 0.6) is 0 Å². The molecule has 0 aromatic rings. The summed E-state index contributed by atoms with van der Waals surface area (Å²) >= 11 is 0. The highest BCUT2D eigenvalue weighted by Crippen LogP contribution is 2.45. The summed E-state index contributed by atoms with van der Waals surface area (Å²) in [6.07, 6.45) is -0.558. The van der Waals surface area contributed by atoms with Crippen molar-refractivity contribution < 1.29 is 18.7 Å². The molecule has 0 aromatic carbocycles. The molecule has 1 N–H and O–H groups in total. The summed E-state index contributed by atoms with van der Waals surface area (Å²) in [6, 6.07) is 0. The van der Waals surface area contributed by atoms with E-state index in [-0.39, 0.29) is 6.61 Å². The number of aliphatic hydroxyl groups is 1. The molecule has 0 aliphatic heterocycles. The Bertz CT molecular complexity index is 105. The Labute approximate surface area is 54.3 Å². The van der Waals surface area contributed by atoms with Crippen molar-refractivity contribution in [3.63, 3.8) is 0 Å². The Kier molecular flexibility index (Phi) is 4.06. The molecule has 0 radical (unpaired) electrons. The fourth-order valence-corrected chi connectivity index (χ4v) is 1.04. The molecule has 4 nitrogen and oxygen atoms in total. The molecule has 0 amide bonds. The fourth-order valence-electron chi connectivity index (χ4n) is 0.348. The number of hydrogen-bond acceptors (Lipinski definition) is 4. The third-order valence-electron chi connectivity index (χ3n) is 0.777. The van der Waals surface area contributed by atoms with Gasteiger partial charge >= 0.3 is 7.60 Å². The molecule has 1 unspecified atom stereocenters. The van der Waals surface area contributed by atoms with E-state index in [0.29, 0.717) is 0 Å². The lowest BCUT2D eigenvalue weighted by Crippen LogP contribution is -1.95. The summed E-state index contributed by atoms with van der Waals surface area (Å²) in [4.78, 5) is 0. The summed E-state index contributed by atoms with van der Waals surface area (Å²) in [6.45, 7) is 1.97. The van der Waals surface area contributed by atoms with Crippen molar-refractivity contribution in [3.8, 4) is 0 Å². The number of aliphatic hydroxyl groups excluding tert-OH is 1. The molecule has 0 rings (SSSR count). The highest BCUT2D eigenvalue weighted by Gasteiger charge is 2.19. The van der Waals surface area contributed by atoms with Crippen LogP contribution in [0.25, 0.3) is 0 Å². The van der Waals surface area contributed by atoms with Gasteiger partial charge in [-0.15, -0.1) is 0 Å². The molecule has 0 saturated carbocycles. The predicted molar refractivity (Wildman–Crippen MR) is 33.3 cm³/mol. The Morgan fingerprint density at radius 3 is 2.33 bits per heavy atom. The standard InChI is InChI=1S/C4H11O4P/c1-3-8-9(6,4-5)7-2/h5H,3-4H2,1-2H3. The first kappa shape index (κ1) is 9.11. The quantitative estimate of drug-likeness (QED) is 0.609. The van der Waals surface area contributed by atoms with E-state index in [2.05, 4.69) is 9.05 Å². The van der Waals surface area contributed by atoms with Gasteiger partial charge in [-0.2, -0.15) is 0 Å². The third kappa shape index (κ3) is 2.96. The Morgan fingerprint density at radius 2 is 2.22 bits per heavy atom. The lowest BCUT2D eigenvalue weighted by atomic mass is 10.9. The van der Waals surface area contributed by atoms with Gasteiger partial charge in [0.15, 0.2) is 0 Å². The van der Waals surface area contributed by atoms with Crippen molar-refractivity contribution >= 4 is 7.60 Å². The zero-order valence-corrected chi connectivity index (χ0v) is 6.43. The number of hydrogen-bond donors (Lipinski definition) is 1. The Hall–Kier alpha value is 0.110. The summed E-state index contributed by atoms with van der Waals surface area (Å²) < 4.78 is 19.9. The first-order chi connectivity index (χ1) is 4.18. The van der Waals surface area contributed by atoms with Crippen molar-refractivity contribution in [2.24, 2.45) is 0 Å². The van der Waals surface area contributed by atoms with E-state index >= 15 is 0 Å². The lowest BCUT2D eigenvalue weighted by Gasteiger charge is -2.10. The average Bonchev–Trinajstić information content (AvgIpc) is 1.89. The Morgan fingerprint density at radius 1 is 1.67 bits per heavy atom. The van der Waals surface area contributed by atoms with Gasteiger partial charge in [0.2, 0.25) is 0 Å². The van der Waals surface area contributed by atoms with Crippen LogP contribution in [0.1, 0.15) is 6.92 Å². The van der Waals surface area contributed by atoms with Gasteiger partial charge in [-0.05, 0) is 6.92 Å². The Balaban J connectivity index is 3.78. The molecule has 5 heteroatoms.